The second-order valence-corrected chi connectivity index (χ2v) is 5.97. The normalized spacial score (nSPS) is 10.3. The number of phenolic OH excluding ortho intramolecular Hbond substituents is 1. The van der Waals surface area contributed by atoms with Gasteiger partial charge in [-0.05, 0) is 22.9 Å². The molecule has 140 valence electrons. The van der Waals surface area contributed by atoms with Crippen molar-refractivity contribution in [3.63, 3.8) is 0 Å². The Morgan fingerprint density at radius 1 is 0.607 bits per heavy atom. The molecule has 0 saturated carbocycles. The highest BCUT2D eigenvalue weighted by Crippen LogP contribution is 2.34. The lowest BCUT2D eigenvalue weighted by molar-refractivity contribution is 0.0685. The summed E-state index contributed by atoms with van der Waals surface area (Å²) in [6.07, 6.45) is 0. The van der Waals surface area contributed by atoms with E-state index in [9.17, 15) is 19.8 Å². The number of carbonyl (C=O) groups is 2. The van der Waals surface area contributed by atoms with Crippen molar-refractivity contribution in [2.45, 2.75) is 0 Å². The van der Waals surface area contributed by atoms with Crippen LogP contribution in [0.1, 0.15) is 20.7 Å². The van der Waals surface area contributed by atoms with E-state index in [0.717, 1.165) is 16.8 Å². The van der Waals surface area contributed by atoms with Gasteiger partial charge < -0.3 is 20.4 Å². The monoisotopic (exact) mass is 376 g/mol. The summed E-state index contributed by atoms with van der Waals surface area (Å²) >= 11 is 0. The number of hydrogen-bond donors (Lipinski definition) is 4. The smallest absolute Gasteiger partial charge is 0.339 e. The lowest BCUT2D eigenvalue weighted by Gasteiger charge is -2.06. The molecule has 0 aromatic heterocycles. The molecule has 0 spiro atoms. The highest BCUT2D eigenvalue weighted by molar-refractivity contribution is 6.04. The van der Waals surface area contributed by atoms with Crippen LogP contribution in [0, 0.1) is 0 Å². The lowest BCUT2D eigenvalue weighted by atomic mass is 10.0. The molecular formula is C22H16O6. The van der Waals surface area contributed by atoms with Crippen LogP contribution < -0.4 is 0 Å². The highest BCUT2D eigenvalue weighted by Gasteiger charge is 2.15. The Bertz CT molecular complexity index is 1190. The van der Waals surface area contributed by atoms with Crippen molar-refractivity contribution in [2.24, 2.45) is 0 Å². The summed E-state index contributed by atoms with van der Waals surface area (Å²) in [5, 5.41) is 39.4. The van der Waals surface area contributed by atoms with Crippen molar-refractivity contribution in [1.82, 2.24) is 0 Å². The maximum absolute atomic E-state index is 10.8. The van der Waals surface area contributed by atoms with Crippen LogP contribution in [-0.4, -0.2) is 32.4 Å². The fraction of sp³-hybridized carbons (Fsp3) is 0. The van der Waals surface area contributed by atoms with Crippen LogP contribution in [0.2, 0.25) is 0 Å². The Hall–Kier alpha value is -4.06. The molecule has 0 amide bonds. The molecule has 0 saturated heterocycles. The number of fused-ring (bicyclic) bond motifs is 2. The average molecular weight is 376 g/mol. The van der Waals surface area contributed by atoms with Crippen molar-refractivity contribution in [3.8, 4) is 11.5 Å². The number of rotatable bonds is 2. The van der Waals surface area contributed by atoms with Crippen LogP contribution >= 0.6 is 0 Å². The Kier molecular flexibility index (Phi) is 5.13. The van der Waals surface area contributed by atoms with E-state index in [4.69, 9.17) is 10.2 Å². The number of benzene rings is 4. The Labute approximate surface area is 159 Å². The summed E-state index contributed by atoms with van der Waals surface area (Å²) in [7, 11) is 0. The molecule has 4 N–H and O–H groups in total. The number of aromatic hydroxyl groups is 2. The van der Waals surface area contributed by atoms with Crippen LogP contribution in [0.3, 0.4) is 0 Å². The fourth-order valence-electron chi connectivity index (χ4n) is 2.92. The molecule has 6 nitrogen and oxygen atoms in total. The Morgan fingerprint density at radius 2 is 1.14 bits per heavy atom. The van der Waals surface area contributed by atoms with E-state index in [1.54, 1.807) is 36.4 Å². The van der Waals surface area contributed by atoms with E-state index in [2.05, 4.69) is 0 Å². The quantitative estimate of drug-likeness (QED) is 0.383. The minimum atomic E-state index is -1.27. The maximum Gasteiger partial charge on any atom is 0.339 e. The molecule has 28 heavy (non-hydrogen) atoms. The van der Waals surface area contributed by atoms with Crippen molar-refractivity contribution in [3.05, 3.63) is 83.9 Å². The molecule has 0 aliphatic heterocycles. The van der Waals surface area contributed by atoms with Gasteiger partial charge in [0, 0.05) is 10.8 Å². The first-order valence-electron chi connectivity index (χ1n) is 8.28. The molecule has 0 fully saturated rings. The summed E-state index contributed by atoms with van der Waals surface area (Å²) in [5.41, 5.74) is 0.0595. The van der Waals surface area contributed by atoms with Crippen molar-refractivity contribution < 1.29 is 30.0 Å². The zero-order valence-electron chi connectivity index (χ0n) is 14.5. The zero-order valence-corrected chi connectivity index (χ0v) is 14.5. The molecule has 0 bridgehead atoms. The minimum Gasteiger partial charge on any atom is -0.507 e. The molecule has 0 aliphatic carbocycles. The molecule has 4 aromatic rings. The average Bonchev–Trinajstić information content (AvgIpc) is 2.70. The van der Waals surface area contributed by atoms with Gasteiger partial charge in [-0.15, -0.1) is 0 Å². The number of carboxylic acid groups (broad SMARTS) is 2. The van der Waals surface area contributed by atoms with E-state index >= 15 is 0 Å². The SMILES string of the molecule is O=C(O)c1cc(O)c2ccccc2c1O.O=C(O)c1cccc2ccccc12. The van der Waals surface area contributed by atoms with Gasteiger partial charge in [0.15, 0.2) is 0 Å². The van der Waals surface area contributed by atoms with E-state index < -0.39 is 11.9 Å². The Balaban J connectivity index is 0.000000162. The molecule has 0 aliphatic rings. The topological polar surface area (TPSA) is 115 Å². The lowest BCUT2D eigenvalue weighted by Crippen LogP contribution is -1.97. The van der Waals surface area contributed by atoms with Crippen LogP contribution in [0.25, 0.3) is 21.5 Å². The maximum atomic E-state index is 10.8. The van der Waals surface area contributed by atoms with Gasteiger partial charge in [-0.1, -0.05) is 60.7 Å². The standard InChI is InChI=1S/C11H8O4.C11H8O2/c12-9-5-8(11(14)15)10(13)7-4-2-1-3-6(7)9;12-11(13)10-7-3-5-8-4-1-2-6-9(8)10/h1-5,12-13H,(H,14,15);1-7H,(H,12,13). The second kappa shape index (κ2) is 7.67. The van der Waals surface area contributed by atoms with E-state index in [1.807, 2.05) is 30.3 Å². The predicted molar refractivity (Wildman–Crippen MR) is 105 cm³/mol. The fourth-order valence-corrected chi connectivity index (χ4v) is 2.92. The highest BCUT2D eigenvalue weighted by atomic mass is 16.4. The van der Waals surface area contributed by atoms with Crippen LogP contribution in [0.4, 0.5) is 0 Å². The molecule has 4 aromatic carbocycles. The van der Waals surface area contributed by atoms with Gasteiger partial charge in [0.05, 0.1) is 5.56 Å². The van der Waals surface area contributed by atoms with Crippen LogP contribution in [-0.2, 0) is 0 Å². The molecule has 0 radical (unpaired) electrons. The summed E-state index contributed by atoms with van der Waals surface area (Å²) in [5.74, 6) is -2.62. The van der Waals surface area contributed by atoms with Crippen LogP contribution in [0.5, 0.6) is 11.5 Å². The van der Waals surface area contributed by atoms with Crippen molar-refractivity contribution in [1.29, 1.82) is 0 Å². The van der Waals surface area contributed by atoms with Gasteiger partial charge in [0.25, 0.3) is 0 Å². The van der Waals surface area contributed by atoms with Gasteiger partial charge in [0.1, 0.15) is 17.1 Å². The zero-order chi connectivity index (χ0) is 20.3. The minimum absolute atomic E-state index is 0.152. The number of phenols is 2. The molecular weight excluding hydrogens is 360 g/mol. The molecule has 6 heteroatoms. The predicted octanol–water partition coefficient (Wildman–Crippen LogP) is 4.49. The molecule has 4 rings (SSSR count). The van der Waals surface area contributed by atoms with Gasteiger partial charge in [-0.3, -0.25) is 0 Å². The molecule has 0 atom stereocenters. The number of aromatic carboxylic acids is 2. The second-order valence-electron chi connectivity index (χ2n) is 5.97. The third-order valence-corrected chi connectivity index (χ3v) is 4.24. The molecule has 0 unspecified atom stereocenters. The van der Waals surface area contributed by atoms with Gasteiger partial charge in [-0.25, -0.2) is 9.59 Å². The van der Waals surface area contributed by atoms with Crippen LogP contribution in [0.15, 0.2) is 72.8 Å². The molecule has 0 heterocycles. The third kappa shape index (κ3) is 3.57. The first-order chi connectivity index (χ1) is 13.4. The summed E-state index contributed by atoms with van der Waals surface area (Å²) in [6, 6.07) is 20.3. The summed E-state index contributed by atoms with van der Waals surface area (Å²) < 4.78 is 0. The Morgan fingerprint density at radius 3 is 1.79 bits per heavy atom. The van der Waals surface area contributed by atoms with Crippen molar-refractivity contribution in [2.75, 3.05) is 0 Å². The van der Waals surface area contributed by atoms with E-state index in [1.165, 1.54) is 0 Å². The van der Waals surface area contributed by atoms with Gasteiger partial charge in [-0.2, -0.15) is 0 Å². The van der Waals surface area contributed by atoms with Gasteiger partial charge in [0.2, 0.25) is 0 Å². The first-order valence-corrected chi connectivity index (χ1v) is 8.28. The number of carboxylic acids is 2. The largest absolute Gasteiger partial charge is 0.507 e. The van der Waals surface area contributed by atoms with E-state index in [0.29, 0.717) is 16.3 Å². The van der Waals surface area contributed by atoms with E-state index in [-0.39, 0.29) is 17.1 Å². The summed E-state index contributed by atoms with van der Waals surface area (Å²) in [6.45, 7) is 0. The van der Waals surface area contributed by atoms with Gasteiger partial charge >= 0.3 is 11.9 Å². The third-order valence-electron chi connectivity index (χ3n) is 4.24. The first kappa shape index (κ1) is 18.7. The number of hydrogen-bond acceptors (Lipinski definition) is 4. The van der Waals surface area contributed by atoms with Crippen molar-refractivity contribution >= 4 is 33.5 Å². The summed E-state index contributed by atoms with van der Waals surface area (Å²) in [4.78, 5) is 21.6.